The van der Waals surface area contributed by atoms with Crippen molar-refractivity contribution in [3.05, 3.63) is 48.0 Å². The molecule has 2 aromatic heterocycles. The second kappa shape index (κ2) is 5.42. The Kier molecular flexibility index (Phi) is 3.47. The van der Waals surface area contributed by atoms with Crippen LogP contribution in [0.15, 0.2) is 50.4 Å². The Balaban J connectivity index is 1.71. The molecule has 102 valence electrons. The molecule has 0 aliphatic carbocycles. The number of hydrogen-bond donors (Lipinski definition) is 1. The number of anilines is 1. The number of benzene rings is 1. The van der Waals surface area contributed by atoms with E-state index in [1.54, 1.807) is 30.2 Å². The Hall–Kier alpha value is -2.21. The van der Waals surface area contributed by atoms with Crippen LogP contribution in [0.1, 0.15) is 11.5 Å². The molecular formula is C14H13N3O2S. The van der Waals surface area contributed by atoms with Crippen molar-refractivity contribution < 1.29 is 8.94 Å². The van der Waals surface area contributed by atoms with Crippen LogP contribution in [-0.4, -0.2) is 10.1 Å². The highest BCUT2D eigenvalue weighted by Gasteiger charge is 2.11. The summed E-state index contributed by atoms with van der Waals surface area (Å²) in [6.45, 7) is 2.00. The van der Waals surface area contributed by atoms with Gasteiger partial charge in [-0.2, -0.15) is 4.98 Å². The third kappa shape index (κ3) is 2.55. The number of furan rings is 1. The Morgan fingerprint density at radius 3 is 2.95 bits per heavy atom. The molecule has 0 saturated heterocycles. The van der Waals surface area contributed by atoms with E-state index in [0.29, 0.717) is 23.2 Å². The first-order valence-corrected chi connectivity index (χ1v) is 7.07. The summed E-state index contributed by atoms with van der Waals surface area (Å²) in [6, 6.07) is 9.44. The van der Waals surface area contributed by atoms with Gasteiger partial charge in [-0.25, -0.2) is 0 Å². The zero-order valence-corrected chi connectivity index (χ0v) is 11.7. The van der Waals surface area contributed by atoms with Crippen LogP contribution in [0.25, 0.3) is 11.6 Å². The van der Waals surface area contributed by atoms with Gasteiger partial charge in [0.1, 0.15) is 0 Å². The van der Waals surface area contributed by atoms with Crippen LogP contribution in [0.3, 0.4) is 0 Å². The van der Waals surface area contributed by atoms with Gasteiger partial charge in [-0.3, -0.25) is 0 Å². The Bertz CT molecular complexity index is 707. The van der Waals surface area contributed by atoms with E-state index in [0.717, 1.165) is 16.1 Å². The number of rotatable bonds is 4. The lowest BCUT2D eigenvalue weighted by Gasteiger charge is -2.05. The van der Waals surface area contributed by atoms with E-state index in [9.17, 15) is 0 Å². The lowest BCUT2D eigenvalue weighted by Crippen LogP contribution is -1.91. The fourth-order valence-electron chi connectivity index (χ4n) is 1.75. The Morgan fingerprint density at radius 1 is 1.25 bits per heavy atom. The molecule has 1 aromatic carbocycles. The first-order chi connectivity index (χ1) is 9.74. The molecule has 20 heavy (non-hydrogen) atoms. The molecule has 0 unspecified atom stereocenters. The standard InChI is InChI=1S/C14H13N3O2S/c1-9-10(15)4-2-6-12(9)20-8-13-16-14(17-19-13)11-5-3-7-18-11/h2-7H,8,15H2,1H3. The van der Waals surface area contributed by atoms with Crippen LogP contribution in [0, 0.1) is 6.92 Å². The molecular weight excluding hydrogens is 274 g/mol. The normalized spacial score (nSPS) is 10.8. The molecule has 0 aliphatic rings. The van der Waals surface area contributed by atoms with Gasteiger partial charge >= 0.3 is 0 Å². The zero-order chi connectivity index (χ0) is 13.9. The number of thioether (sulfide) groups is 1. The molecule has 0 saturated carbocycles. The molecule has 0 aliphatic heterocycles. The molecule has 0 atom stereocenters. The molecule has 2 heterocycles. The highest BCUT2D eigenvalue weighted by molar-refractivity contribution is 7.98. The second-order valence-electron chi connectivity index (χ2n) is 4.25. The van der Waals surface area contributed by atoms with Gasteiger partial charge in [-0.1, -0.05) is 11.2 Å². The van der Waals surface area contributed by atoms with Crippen LogP contribution in [0.2, 0.25) is 0 Å². The van der Waals surface area contributed by atoms with Gasteiger partial charge in [0.25, 0.3) is 0 Å². The minimum absolute atomic E-state index is 0.467. The lowest BCUT2D eigenvalue weighted by molar-refractivity contribution is 0.390. The van der Waals surface area contributed by atoms with E-state index in [1.165, 1.54) is 0 Å². The van der Waals surface area contributed by atoms with Gasteiger partial charge in [0.15, 0.2) is 5.76 Å². The number of nitrogens with two attached hydrogens (primary N) is 1. The Labute approximate surface area is 120 Å². The smallest absolute Gasteiger partial charge is 0.238 e. The zero-order valence-electron chi connectivity index (χ0n) is 10.9. The maximum absolute atomic E-state index is 5.88. The molecule has 0 amide bonds. The largest absolute Gasteiger partial charge is 0.461 e. The topological polar surface area (TPSA) is 78.1 Å². The van der Waals surface area contributed by atoms with Crippen molar-refractivity contribution in [1.29, 1.82) is 0 Å². The maximum Gasteiger partial charge on any atom is 0.238 e. The predicted molar refractivity (Wildman–Crippen MR) is 77.2 cm³/mol. The molecule has 3 aromatic rings. The first-order valence-electron chi connectivity index (χ1n) is 6.08. The van der Waals surface area contributed by atoms with Gasteiger partial charge < -0.3 is 14.7 Å². The maximum atomic E-state index is 5.88. The summed E-state index contributed by atoms with van der Waals surface area (Å²) < 4.78 is 10.4. The summed E-state index contributed by atoms with van der Waals surface area (Å²) in [4.78, 5) is 5.41. The quantitative estimate of drug-likeness (QED) is 0.584. The average molecular weight is 287 g/mol. The van der Waals surface area contributed by atoms with Crippen molar-refractivity contribution in [2.24, 2.45) is 0 Å². The van der Waals surface area contributed by atoms with Gasteiger partial charge in [-0.05, 0) is 36.8 Å². The van der Waals surface area contributed by atoms with Crippen LogP contribution in [0.5, 0.6) is 0 Å². The molecule has 0 spiro atoms. The third-order valence-corrected chi connectivity index (χ3v) is 4.03. The van der Waals surface area contributed by atoms with E-state index >= 15 is 0 Å². The van der Waals surface area contributed by atoms with Gasteiger partial charge in [0.05, 0.1) is 12.0 Å². The van der Waals surface area contributed by atoms with E-state index < -0.39 is 0 Å². The van der Waals surface area contributed by atoms with Crippen molar-refractivity contribution in [3.8, 4) is 11.6 Å². The summed E-state index contributed by atoms with van der Waals surface area (Å²) in [7, 11) is 0. The van der Waals surface area contributed by atoms with Crippen molar-refractivity contribution >= 4 is 17.4 Å². The minimum atomic E-state index is 0.467. The summed E-state index contributed by atoms with van der Waals surface area (Å²) in [5.74, 6) is 2.22. The number of aromatic nitrogens is 2. The highest BCUT2D eigenvalue weighted by Crippen LogP contribution is 2.29. The van der Waals surface area contributed by atoms with Gasteiger partial charge in [-0.15, -0.1) is 11.8 Å². The third-order valence-electron chi connectivity index (χ3n) is 2.89. The number of hydrogen-bond acceptors (Lipinski definition) is 6. The molecule has 3 rings (SSSR count). The summed E-state index contributed by atoms with van der Waals surface area (Å²) in [5.41, 5.74) is 7.74. The van der Waals surface area contributed by atoms with Crippen molar-refractivity contribution in [2.45, 2.75) is 17.6 Å². The van der Waals surface area contributed by atoms with Crippen molar-refractivity contribution in [2.75, 3.05) is 5.73 Å². The van der Waals surface area contributed by atoms with Gasteiger partial charge in [0, 0.05) is 10.6 Å². The van der Waals surface area contributed by atoms with Crippen molar-refractivity contribution in [3.63, 3.8) is 0 Å². The fraction of sp³-hybridized carbons (Fsp3) is 0.143. The average Bonchev–Trinajstić information content (AvgIpc) is 3.10. The van der Waals surface area contributed by atoms with Crippen LogP contribution in [-0.2, 0) is 5.75 Å². The molecule has 2 N–H and O–H groups in total. The van der Waals surface area contributed by atoms with Gasteiger partial charge in [0.2, 0.25) is 11.7 Å². The summed E-state index contributed by atoms with van der Waals surface area (Å²) in [6.07, 6.45) is 1.58. The molecule has 0 bridgehead atoms. The Morgan fingerprint density at radius 2 is 2.15 bits per heavy atom. The predicted octanol–water partition coefficient (Wildman–Crippen LogP) is 3.51. The van der Waals surface area contributed by atoms with E-state index in [-0.39, 0.29) is 0 Å². The lowest BCUT2D eigenvalue weighted by atomic mass is 10.2. The van der Waals surface area contributed by atoms with Crippen molar-refractivity contribution in [1.82, 2.24) is 10.1 Å². The van der Waals surface area contributed by atoms with Crippen LogP contribution >= 0.6 is 11.8 Å². The molecule has 6 heteroatoms. The second-order valence-corrected chi connectivity index (χ2v) is 5.27. The minimum Gasteiger partial charge on any atom is -0.461 e. The van der Waals surface area contributed by atoms with Crippen LogP contribution in [0.4, 0.5) is 5.69 Å². The first kappa shape index (κ1) is 12.8. The molecule has 0 fully saturated rings. The van der Waals surface area contributed by atoms with E-state index in [4.69, 9.17) is 14.7 Å². The molecule has 5 nitrogen and oxygen atoms in total. The molecule has 0 radical (unpaired) electrons. The monoisotopic (exact) mass is 287 g/mol. The summed E-state index contributed by atoms with van der Waals surface area (Å²) in [5, 5.41) is 3.89. The highest BCUT2D eigenvalue weighted by atomic mass is 32.2. The SMILES string of the molecule is Cc1c(N)cccc1SCc1nc(-c2ccco2)no1. The van der Waals surface area contributed by atoms with Crippen LogP contribution < -0.4 is 5.73 Å². The van der Waals surface area contributed by atoms with E-state index in [1.807, 2.05) is 25.1 Å². The van der Waals surface area contributed by atoms with E-state index in [2.05, 4.69) is 10.1 Å². The fourth-order valence-corrected chi connectivity index (χ4v) is 2.65. The summed E-state index contributed by atoms with van der Waals surface area (Å²) >= 11 is 1.62. The number of nitrogens with zero attached hydrogens (tertiary/aromatic N) is 2. The number of nitrogen functional groups attached to an aromatic ring is 1.